The zero-order chi connectivity index (χ0) is 41.4. The van der Waals surface area contributed by atoms with E-state index in [0.717, 1.165) is 57.8 Å². The van der Waals surface area contributed by atoms with Crippen LogP contribution in [0.5, 0.6) is 0 Å². The molecule has 0 aliphatic rings. The molecule has 0 aromatic carbocycles. The normalized spacial score (nSPS) is 12.9. The minimum absolute atomic E-state index is 0.180. The molecule has 0 spiro atoms. The molecule has 0 aromatic rings. The van der Waals surface area contributed by atoms with Crippen LogP contribution in [0.25, 0.3) is 0 Å². The van der Waals surface area contributed by atoms with Gasteiger partial charge in [-0.3, -0.25) is 9.59 Å². The maximum atomic E-state index is 12.7. The van der Waals surface area contributed by atoms with E-state index in [0.29, 0.717) is 23.9 Å². The van der Waals surface area contributed by atoms with E-state index in [1.807, 2.05) is 21.1 Å². The molecule has 0 aromatic heterocycles. The molecular weight excluding hydrogens is 707 g/mol. The van der Waals surface area contributed by atoms with Gasteiger partial charge in [0, 0.05) is 12.8 Å². The molecule has 9 nitrogen and oxygen atoms in total. The van der Waals surface area contributed by atoms with Crippen molar-refractivity contribution in [2.75, 3.05) is 47.5 Å². The summed E-state index contributed by atoms with van der Waals surface area (Å²) in [5.74, 6) is -2.01. The smallest absolute Gasteiger partial charge is 0.361 e. The first-order valence-corrected chi connectivity index (χ1v) is 23.4. The topological polar surface area (TPSA) is 108 Å². The van der Waals surface area contributed by atoms with E-state index in [1.54, 1.807) is 0 Å². The SMILES string of the molecule is CCCC/C=C\CCCCCCCC(=O)OC(COC(=O)CCCCCCCCCCCCCCCCCCCCCC)COC(OCC[N+](C)(C)C)C(=O)O. The van der Waals surface area contributed by atoms with E-state index in [-0.39, 0.29) is 32.2 Å². The average Bonchev–Trinajstić information content (AvgIpc) is 3.15. The minimum atomic E-state index is -1.51. The van der Waals surface area contributed by atoms with Crippen molar-refractivity contribution in [1.82, 2.24) is 0 Å². The van der Waals surface area contributed by atoms with Crippen LogP contribution in [0.4, 0.5) is 0 Å². The van der Waals surface area contributed by atoms with Crippen LogP contribution in [-0.4, -0.2) is 87.4 Å². The Morgan fingerprint density at radius 1 is 0.518 bits per heavy atom. The molecule has 0 rings (SSSR count). The lowest BCUT2D eigenvalue weighted by atomic mass is 10.0. The third-order valence-electron chi connectivity index (χ3n) is 10.3. The van der Waals surface area contributed by atoms with Crippen LogP contribution < -0.4 is 0 Å². The maximum absolute atomic E-state index is 12.7. The van der Waals surface area contributed by atoms with Crippen molar-refractivity contribution in [3.05, 3.63) is 12.2 Å². The Kier molecular flexibility index (Phi) is 38.4. The number of aliphatic carboxylic acids is 1. The Morgan fingerprint density at radius 2 is 0.929 bits per heavy atom. The first kappa shape index (κ1) is 54.0. The van der Waals surface area contributed by atoms with Crippen LogP contribution in [0.1, 0.15) is 213 Å². The first-order valence-electron chi connectivity index (χ1n) is 23.4. The Labute approximate surface area is 345 Å². The highest BCUT2D eigenvalue weighted by Crippen LogP contribution is 2.16. The molecule has 0 radical (unpaired) electrons. The van der Waals surface area contributed by atoms with Crippen LogP contribution >= 0.6 is 0 Å². The lowest BCUT2D eigenvalue weighted by molar-refractivity contribution is -0.870. The molecule has 0 heterocycles. The number of nitrogens with zero attached hydrogens (tertiary/aromatic N) is 1. The van der Waals surface area contributed by atoms with E-state index in [2.05, 4.69) is 26.0 Å². The van der Waals surface area contributed by atoms with Crippen LogP contribution in [0.2, 0.25) is 0 Å². The van der Waals surface area contributed by atoms with Gasteiger partial charge in [-0.2, -0.15) is 0 Å². The highest BCUT2D eigenvalue weighted by Gasteiger charge is 2.25. The second-order valence-corrected chi connectivity index (χ2v) is 17.1. The third-order valence-corrected chi connectivity index (χ3v) is 10.3. The van der Waals surface area contributed by atoms with Crippen LogP contribution in [0.15, 0.2) is 12.2 Å². The number of allylic oxidation sites excluding steroid dienone is 2. The lowest BCUT2D eigenvalue weighted by Gasteiger charge is -2.25. The van der Waals surface area contributed by atoms with Crippen molar-refractivity contribution in [3.63, 3.8) is 0 Å². The van der Waals surface area contributed by atoms with Gasteiger partial charge in [0.25, 0.3) is 6.29 Å². The monoisotopic (exact) mass is 797 g/mol. The Hall–Kier alpha value is -1.97. The van der Waals surface area contributed by atoms with Gasteiger partial charge in [-0.15, -0.1) is 0 Å². The van der Waals surface area contributed by atoms with Crippen molar-refractivity contribution in [2.45, 2.75) is 225 Å². The molecule has 0 saturated carbocycles. The van der Waals surface area contributed by atoms with Gasteiger partial charge in [-0.25, -0.2) is 4.79 Å². The largest absolute Gasteiger partial charge is 0.477 e. The summed E-state index contributed by atoms with van der Waals surface area (Å²) in [7, 11) is 5.95. The molecule has 2 atom stereocenters. The molecule has 56 heavy (non-hydrogen) atoms. The molecular formula is C47H90NO8+. The number of carbonyl (C=O) groups is 3. The number of hydrogen-bond acceptors (Lipinski definition) is 7. The van der Waals surface area contributed by atoms with Crippen molar-refractivity contribution in [1.29, 1.82) is 0 Å². The fourth-order valence-corrected chi connectivity index (χ4v) is 6.58. The molecule has 1 N–H and O–H groups in total. The number of carbonyl (C=O) groups excluding carboxylic acids is 2. The number of unbranched alkanes of at least 4 members (excludes halogenated alkanes) is 26. The average molecular weight is 797 g/mol. The summed E-state index contributed by atoms with van der Waals surface area (Å²) in [5, 5.41) is 9.62. The van der Waals surface area contributed by atoms with Gasteiger partial charge in [0.05, 0.1) is 34.4 Å². The van der Waals surface area contributed by atoms with Crippen LogP contribution in [-0.2, 0) is 33.3 Å². The van der Waals surface area contributed by atoms with Gasteiger partial charge in [0.15, 0.2) is 6.10 Å². The fourth-order valence-electron chi connectivity index (χ4n) is 6.58. The number of quaternary nitrogens is 1. The molecule has 2 unspecified atom stereocenters. The Bertz CT molecular complexity index is 934. The summed E-state index contributed by atoms with van der Waals surface area (Å²) in [6.07, 6.45) is 38.5. The summed E-state index contributed by atoms with van der Waals surface area (Å²) in [4.78, 5) is 37.1. The van der Waals surface area contributed by atoms with E-state index < -0.39 is 24.3 Å². The Balaban J connectivity index is 4.29. The number of carboxylic acid groups (broad SMARTS) is 1. The molecule has 0 aliphatic heterocycles. The van der Waals surface area contributed by atoms with Gasteiger partial charge in [0.2, 0.25) is 0 Å². The van der Waals surface area contributed by atoms with Gasteiger partial charge in [0.1, 0.15) is 13.2 Å². The first-order chi connectivity index (χ1) is 27.1. The highest BCUT2D eigenvalue weighted by molar-refractivity contribution is 5.71. The number of ether oxygens (including phenoxy) is 4. The van der Waals surface area contributed by atoms with Crippen LogP contribution in [0, 0.1) is 0 Å². The molecule has 0 bridgehead atoms. The number of carboxylic acids is 1. The lowest BCUT2D eigenvalue weighted by Crippen LogP contribution is -2.40. The zero-order valence-electron chi connectivity index (χ0n) is 37.3. The van der Waals surface area contributed by atoms with E-state index in [9.17, 15) is 19.5 Å². The van der Waals surface area contributed by atoms with E-state index in [1.165, 1.54) is 122 Å². The van der Waals surface area contributed by atoms with Gasteiger partial charge < -0.3 is 28.5 Å². The second-order valence-electron chi connectivity index (χ2n) is 17.1. The predicted octanol–water partition coefficient (Wildman–Crippen LogP) is 12.3. The van der Waals surface area contributed by atoms with Gasteiger partial charge in [-0.1, -0.05) is 180 Å². The van der Waals surface area contributed by atoms with Crippen molar-refractivity contribution in [3.8, 4) is 0 Å². The summed E-state index contributed by atoms with van der Waals surface area (Å²) in [6, 6.07) is 0. The maximum Gasteiger partial charge on any atom is 0.361 e. The fraction of sp³-hybridized carbons (Fsp3) is 0.894. The molecule has 9 heteroatoms. The highest BCUT2D eigenvalue weighted by atomic mass is 16.7. The van der Waals surface area contributed by atoms with E-state index in [4.69, 9.17) is 18.9 Å². The summed E-state index contributed by atoms with van der Waals surface area (Å²) < 4.78 is 22.7. The zero-order valence-corrected chi connectivity index (χ0v) is 37.3. The van der Waals surface area contributed by atoms with Crippen molar-refractivity contribution in [2.24, 2.45) is 0 Å². The molecule has 0 saturated heterocycles. The predicted molar refractivity (Wildman–Crippen MR) is 231 cm³/mol. The quantitative estimate of drug-likeness (QED) is 0.0214. The van der Waals surface area contributed by atoms with Crippen LogP contribution in [0.3, 0.4) is 0 Å². The van der Waals surface area contributed by atoms with E-state index >= 15 is 0 Å². The number of likely N-dealkylation sites (N-methyl/N-ethyl adjacent to an activating group) is 1. The molecule has 0 amide bonds. The standard InChI is InChI=1S/C47H89NO8/c1-6-8-10-12-14-16-18-19-20-21-22-23-24-25-26-28-29-31-33-35-37-44(49)54-41-43(42-55-47(46(51)52)53-40-39-48(3,4)5)56-45(50)38-36-34-32-30-27-17-15-13-11-9-7-2/h13,15,43,47H,6-12,14,16-42H2,1-5H3/p+1/b15-13-. The third kappa shape index (κ3) is 40.2. The number of hydrogen-bond donors (Lipinski definition) is 1. The number of rotatable bonds is 43. The Morgan fingerprint density at radius 3 is 1.38 bits per heavy atom. The second kappa shape index (κ2) is 39.8. The van der Waals surface area contributed by atoms with Crippen molar-refractivity contribution >= 4 is 17.9 Å². The van der Waals surface area contributed by atoms with Gasteiger partial charge >= 0.3 is 17.9 Å². The summed E-state index contributed by atoms with van der Waals surface area (Å²) in [5.41, 5.74) is 0. The molecule has 0 fully saturated rings. The summed E-state index contributed by atoms with van der Waals surface area (Å²) in [6.45, 7) is 4.84. The van der Waals surface area contributed by atoms with Crippen molar-refractivity contribution < 1.29 is 42.9 Å². The number of esters is 2. The summed E-state index contributed by atoms with van der Waals surface area (Å²) >= 11 is 0. The molecule has 0 aliphatic carbocycles. The molecule has 330 valence electrons. The minimum Gasteiger partial charge on any atom is -0.477 e. The van der Waals surface area contributed by atoms with Gasteiger partial charge in [-0.05, 0) is 32.1 Å².